The molecule has 0 radical (unpaired) electrons. The number of carbonyl (C=O) groups is 1. The molecule has 0 aliphatic carbocycles. The number of fused-ring (bicyclic) bond motifs is 2. The predicted molar refractivity (Wildman–Crippen MR) is 141 cm³/mol. The molecule has 1 atom stereocenters. The molecule has 4 rings (SSSR count). The van der Waals surface area contributed by atoms with Gasteiger partial charge < -0.3 is 9.47 Å². The lowest BCUT2D eigenvalue weighted by Crippen LogP contribution is -2.21. The zero-order valence-corrected chi connectivity index (χ0v) is 22.2. The van der Waals surface area contributed by atoms with E-state index >= 15 is 0 Å². The maximum Gasteiger partial charge on any atom is 0.412 e. The van der Waals surface area contributed by atoms with E-state index in [9.17, 15) is 4.79 Å². The zero-order valence-electron chi connectivity index (χ0n) is 20.7. The minimum Gasteiger partial charge on any atom is -0.488 e. The zero-order chi connectivity index (χ0) is 24.6. The van der Waals surface area contributed by atoms with Crippen LogP contribution >= 0.6 is 15.9 Å². The number of rotatable bonds is 4. The number of hydrogen-bond donors (Lipinski definition) is 1. The first-order chi connectivity index (χ1) is 16.2. The molecule has 34 heavy (non-hydrogen) atoms. The Hall–Kier alpha value is -2.79. The lowest BCUT2D eigenvalue weighted by Gasteiger charge is -2.24. The second kappa shape index (κ2) is 9.83. The Balaban J connectivity index is 1.77. The van der Waals surface area contributed by atoms with E-state index in [4.69, 9.17) is 9.47 Å². The molecule has 178 valence electrons. The maximum absolute atomic E-state index is 13.4. The molecule has 0 aromatic heterocycles. The van der Waals surface area contributed by atoms with Crippen LogP contribution in [-0.2, 0) is 11.3 Å². The first kappa shape index (κ1) is 24.3. The van der Waals surface area contributed by atoms with Crippen LogP contribution in [0.15, 0.2) is 53.0 Å². The van der Waals surface area contributed by atoms with E-state index < -0.39 is 12.2 Å². The van der Waals surface area contributed by atoms with E-state index in [2.05, 4.69) is 67.1 Å². The molecule has 0 saturated heterocycles. The fourth-order valence-electron chi connectivity index (χ4n) is 4.67. The summed E-state index contributed by atoms with van der Waals surface area (Å²) in [6.45, 7) is 13.0. The van der Waals surface area contributed by atoms with Crippen LogP contribution in [0.5, 0.6) is 5.75 Å². The molecule has 1 aliphatic rings. The molecule has 4 nitrogen and oxygen atoms in total. The van der Waals surface area contributed by atoms with Crippen LogP contribution in [0.4, 0.5) is 10.5 Å². The van der Waals surface area contributed by atoms with Gasteiger partial charge in [0.05, 0.1) is 5.69 Å². The molecule has 0 saturated carbocycles. The summed E-state index contributed by atoms with van der Waals surface area (Å²) in [6.07, 6.45) is -1.06. The van der Waals surface area contributed by atoms with Gasteiger partial charge in [-0.05, 0) is 59.6 Å². The van der Waals surface area contributed by atoms with Gasteiger partial charge in [0.2, 0.25) is 0 Å². The molecule has 5 heteroatoms. The van der Waals surface area contributed by atoms with E-state index in [1.807, 2.05) is 44.2 Å². The third-order valence-corrected chi connectivity index (χ3v) is 7.72. The highest BCUT2D eigenvalue weighted by atomic mass is 79.9. The Morgan fingerprint density at radius 3 is 2.32 bits per heavy atom. The van der Waals surface area contributed by atoms with Gasteiger partial charge in [0, 0.05) is 15.6 Å². The molecule has 1 N–H and O–H groups in total. The average Bonchev–Trinajstić information content (AvgIpc) is 2.94. The second-order valence-electron chi connectivity index (χ2n) is 9.56. The summed E-state index contributed by atoms with van der Waals surface area (Å²) in [6, 6.07) is 16.2. The molecule has 0 fully saturated rings. The van der Waals surface area contributed by atoms with E-state index in [1.54, 1.807) is 0 Å². The standard InChI is InChI=1S/C29H32BrNO3/c1-16(2)21-12-9-13-22(17(3)4)27(21)31-29(32)34-28-23-11-8-7-10-20(23)15-33-24-14-18(5)26(30)19(6)25(24)28/h7-14,16-17,28H,15H2,1-6H3,(H,31,32). The Labute approximate surface area is 210 Å². The summed E-state index contributed by atoms with van der Waals surface area (Å²) in [5, 5.41) is 3.10. The van der Waals surface area contributed by atoms with Crippen molar-refractivity contribution in [3.05, 3.63) is 91.9 Å². The normalized spacial score (nSPS) is 14.8. The Morgan fingerprint density at radius 2 is 1.68 bits per heavy atom. The Morgan fingerprint density at radius 1 is 1.03 bits per heavy atom. The molecule has 1 heterocycles. The molecular weight excluding hydrogens is 490 g/mol. The van der Waals surface area contributed by atoms with Crippen molar-refractivity contribution in [1.29, 1.82) is 0 Å². The number of aryl methyl sites for hydroxylation is 1. The van der Waals surface area contributed by atoms with Crippen LogP contribution in [0.1, 0.15) is 84.6 Å². The van der Waals surface area contributed by atoms with E-state index in [0.717, 1.165) is 54.9 Å². The third kappa shape index (κ3) is 4.58. The topological polar surface area (TPSA) is 47.6 Å². The SMILES string of the molecule is Cc1cc2c(c(C)c1Br)C(OC(=O)Nc1c(C(C)C)cccc1C(C)C)c1ccccc1CO2. The number of benzene rings is 3. The van der Waals surface area contributed by atoms with Gasteiger partial charge in [-0.1, -0.05) is 86.1 Å². The van der Waals surface area contributed by atoms with Crippen molar-refractivity contribution in [2.75, 3.05) is 5.32 Å². The molecule has 3 aromatic carbocycles. The van der Waals surface area contributed by atoms with E-state index in [1.165, 1.54) is 0 Å². The summed E-state index contributed by atoms with van der Waals surface area (Å²) >= 11 is 3.71. The molecule has 3 aromatic rings. The lowest BCUT2D eigenvalue weighted by atomic mass is 9.92. The minimum atomic E-state index is -0.584. The molecule has 1 amide bonds. The summed E-state index contributed by atoms with van der Waals surface area (Å²) in [5.41, 5.74) is 7.96. The third-order valence-electron chi connectivity index (χ3n) is 6.50. The van der Waals surface area contributed by atoms with Gasteiger partial charge in [0.1, 0.15) is 12.4 Å². The van der Waals surface area contributed by atoms with Gasteiger partial charge in [-0.3, -0.25) is 5.32 Å². The smallest absolute Gasteiger partial charge is 0.412 e. The summed E-state index contributed by atoms with van der Waals surface area (Å²) in [4.78, 5) is 13.4. The van der Waals surface area contributed by atoms with Gasteiger partial charge in [-0.15, -0.1) is 0 Å². The molecular formula is C29H32BrNO3. The number of carbonyl (C=O) groups excluding carboxylic acids is 1. The highest BCUT2D eigenvalue weighted by molar-refractivity contribution is 9.10. The Bertz CT molecular complexity index is 1210. The fourth-order valence-corrected chi connectivity index (χ4v) is 5.00. The summed E-state index contributed by atoms with van der Waals surface area (Å²) in [5.74, 6) is 1.28. The molecule has 0 bridgehead atoms. The van der Waals surface area contributed by atoms with Gasteiger partial charge >= 0.3 is 6.09 Å². The fraction of sp³-hybridized carbons (Fsp3) is 0.345. The monoisotopic (exact) mass is 521 g/mol. The first-order valence-corrected chi connectivity index (χ1v) is 12.6. The highest BCUT2D eigenvalue weighted by Gasteiger charge is 2.31. The number of amides is 1. The van der Waals surface area contributed by atoms with Crippen molar-refractivity contribution in [3.8, 4) is 5.75 Å². The molecule has 1 unspecified atom stereocenters. The van der Waals surface area contributed by atoms with Crippen LogP contribution in [0.25, 0.3) is 0 Å². The minimum absolute atomic E-state index is 0.267. The number of ether oxygens (including phenoxy) is 2. The van der Waals surface area contributed by atoms with Gasteiger partial charge in [-0.25, -0.2) is 4.79 Å². The first-order valence-electron chi connectivity index (χ1n) is 11.8. The van der Waals surface area contributed by atoms with Crippen molar-refractivity contribution >= 4 is 27.7 Å². The van der Waals surface area contributed by atoms with Crippen molar-refractivity contribution < 1.29 is 14.3 Å². The van der Waals surface area contributed by atoms with Crippen LogP contribution in [-0.4, -0.2) is 6.09 Å². The predicted octanol–water partition coefficient (Wildman–Crippen LogP) is 8.54. The van der Waals surface area contributed by atoms with E-state index in [-0.39, 0.29) is 11.8 Å². The molecule has 1 aliphatic heterocycles. The number of para-hydroxylation sites is 1. The van der Waals surface area contributed by atoms with Crippen LogP contribution in [0.3, 0.4) is 0 Å². The maximum atomic E-state index is 13.4. The summed E-state index contributed by atoms with van der Waals surface area (Å²) < 4.78 is 13.4. The largest absolute Gasteiger partial charge is 0.488 e. The average molecular weight is 522 g/mol. The lowest BCUT2D eigenvalue weighted by molar-refractivity contribution is 0.130. The molecule has 0 spiro atoms. The number of anilines is 1. The van der Waals surface area contributed by atoms with Crippen molar-refractivity contribution in [2.24, 2.45) is 0 Å². The highest BCUT2D eigenvalue weighted by Crippen LogP contribution is 2.44. The number of halogens is 1. The van der Waals surface area contributed by atoms with E-state index in [0.29, 0.717) is 6.61 Å². The Kier molecular flexibility index (Phi) is 7.04. The second-order valence-corrected chi connectivity index (χ2v) is 10.4. The van der Waals surface area contributed by atoms with Crippen LogP contribution < -0.4 is 10.1 Å². The summed E-state index contributed by atoms with van der Waals surface area (Å²) in [7, 11) is 0. The van der Waals surface area contributed by atoms with Crippen LogP contribution in [0.2, 0.25) is 0 Å². The van der Waals surface area contributed by atoms with Gasteiger partial charge in [0.15, 0.2) is 6.10 Å². The van der Waals surface area contributed by atoms with Crippen molar-refractivity contribution in [2.45, 2.75) is 66.1 Å². The number of nitrogens with one attached hydrogen (secondary N) is 1. The van der Waals surface area contributed by atoms with Gasteiger partial charge in [0.25, 0.3) is 0 Å². The van der Waals surface area contributed by atoms with Crippen molar-refractivity contribution in [3.63, 3.8) is 0 Å². The van der Waals surface area contributed by atoms with Crippen LogP contribution in [0, 0.1) is 13.8 Å². The van der Waals surface area contributed by atoms with Gasteiger partial charge in [-0.2, -0.15) is 0 Å². The van der Waals surface area contributed by atoms with Crippen molar-refractivity contribution in [1.82, 2.24) is 0 Å². The number of hydrogen-bond acceptors (Lipinski definition) is 3. The quantitative estimate of drug-likeness (QED) is 0.374.